The van der Waals surface area contributed by atoms with Gasteiger partial charge in [-0.1, -0.05) is 84.3 Å². The minimum absolute atomic E-state index is 0.0967. The molecule has 0 N–H and O–H groups in total. The topological polar surface area (TPSA) is 12.5 Å². The van der Waals surface area contributed by atoms with E-state index in [2.05, 4.69) is 102 Å². The predicted molar refractivity (Wildman–Crippen MR) is 118 cm³/mol. The zero-order valence-electron chi connectivity index (χ0n) is 15.7. The highest BCUT2D eigenvalue weighted by Gasteiger charge is 2.37. The molecule has 28 heavy (non-hydrogen) atoms. The SMILES string of the molecule is COc1cccc2c1-c1ccccc1B(c1ccccc1)N2c1ccccc1. The van der Waals surface area contributed by atoms with E-state index in [0.717, 1.165) is 17.0 Å². The van der Waals surface area contributed by atoms with Crippen LogP contribution in [-0.2, 0) is 0 Å². The molecule has 0 fully saturated rings. The Morgan fingerprint density at radius 1 is 0.679 bits per heavy atom. The molecule has 1 aliphatic rings. The van der Waals surface area contributed by atoms with Crippen molar-refractivity contribution in [2.45, 2.75) is 0 Å². The van der Waals surface area contributed by atoms with Crippen molar-refractivity contribution in [1.82, 2.24) is 0 Å². The van der Waals surface area contributed by atoms with E-state index < -0.39 is 0 Å². The lowest BCUT2D eigenvalue weighted by atomic mass is 9.45. The van der Waals surface area contributed by atoms with Crippen molar-refractivity contribution in [3.63, 3.8) is 0 Å². The summed E-state index contributed by atoms with van der Waals surface area (Å²) < 4.78 is 5.77. The van der Waals surface area contributed by atoms with Crippen molar-refractivity contribution in [1.29, 1.82) is 0 Å². The summed E-state index contributed by atoms with van der Waals surface area (Å²) in [4.78, 5) is 2.43. The summed E-state index contributed by atoms with van der Waals surface area (Å²) in [6.45, 7) is 0.0967. The van der Waals surface area contributed by atoms with Gasteiger partial charge in [0.1, 0.15) is 5.75 Å². The number of para-hydroxylation sites is 1. The Bertz CT molecular complexity index is 1110. The number of nitrogens with zero attached hydrogens (tertiary/aromatic N) is 1. The fourth-order valence-corrected chi connectivity index (χ4v) is 4.24. The zero-order valence-corrected chi connectivity index (χ0v) is 15.7. The highest BCUT2D eigenvalue weighted by molar-refractivity contribution is 6.90. The van der Waals surface area contributed by atoms with E-state index in [1.807, 2.05) is 6.07 Å². The summed E-state index contributed by atoms with van der Waals surface area (Å²) in [5.74, 6) is 0.900. The minimum Gasteiger partial charge on any atom is -0.496 e. The molecule has 5 rings (SSSR count). The van der Waals surface area contributed by atoms with Gasteiger partial charge in [0.25, 0.3) is 0 Å². The first-order valence-corrected chi connectivity index (χ1v) is 9.54. The van der Waals surface area contributed by atoms with Gasteiger partial charge in [-0.25, -0.2) is 0 Å². The summed E-state index contributed by atoms with van der Waals surface area (Å²) in [5, 5.41) is 0. The first-order valence-electron chi connectivity index (χ1n) is 9.54. The van der Waals surface area contributed by atoms with Gasteiger partial charge in [0.05, 0.1) is 7.11 Å². The first kappa shape index (κ1) is 16.7. The van der Waals surface area contributed by atoms with Crippen molar-refractivity contribution >= 4 is 29.1 Å². The van der Waals surface area contributed by atoms with E-state index >= 15 is 0 Å². The van der Waals surface area contributed by atoms with Gasteiger partial charge in [0.15, 0.2) is 0 Å². The number of fused-ring (bicyclic) bond motifs is 3. The van der Waals surface area contributed by atoms with Crippen LogP contribution in [0.4, 0.5) is 11.4 Å². The maximum atomic E-state index is 5.77. The second kappa shape index (κ2) is 6.93. The van der Waals surface area contributed by atoms with Crippen LogP contribution < -0.4 is 20.5 Å². The van der Waals surface area contributed by atoms with Crippen LogP contribution in [0.3, 0.4) is 0 Å². The second-order valence-corrected chi connectivity index (χ2v) is 6.96. The molecule has 3 heteroatoms. The Labute approximate surface area is 166 Å². The van der Waals surface area contributed by atoms with Crippen LogP contribution in [0.1, 0.15) is 0 Å². The molecule has 0 atom stereocenters. The van der Waals surface area contributed by atoms with Crippen LogP contribution >= 0.6 is 0 Å². The summed E-state index contributed by atoms with van der Waals surface area (Å²) in [6, 6.07) is 36.3. The van der Waals surface area contributed by atoms with Crippen molar-refractivity contribution in [3.8, 4) is 16.9 Å². The molecule has 1 aliphatic heterocycles. The molecule has 0 bridgehead atoms. The third-order valence-electron chi connectivity index (χ3n) is 5.42. The van der Waals surface area contributed by atoms with Crippen molar-refractivity contribution in [3.05, 3.63) is 103 Å². The number of anilines is 2. The first-order chi connectivity index (χ1) is 13.9. The van der Waals surface area contributed by atoms with Crippen LogP contribution in [0, 0.1) is 0 Å². The van der Waals surface area contributed by atoms with Gasteiger partial charge in [-0.2, -0.15) is 0 Å². The monoisotopic (exact) mass is 361 g/mol. The maximum absolute atomic E-state index is 5.77. The summed E-state index contributed by atoms with van der Waals surface area (Å²) in [6.07, 6.45) is 0. The van der Waals surface area contributed by atoms with E-state index in [1.54, 1.807) is 7.11 Å². The van der Waals surface area contributed by atoms with Crippen LogP contribution in [0.2, 0.25) is 0 Å². The molecule has 0 unspecified atom stereocenters. The number of benzene rings is 4. The average Bonchev–Trinajstić information content (AvgIpc) is 2.78. The Kier molecular flexibility index (Phi) is 4.14. The molecule has 0 aromatic heterocycles. The number of ether oxygens (including phenoxy) is 1. The molecule has 0 amide bonds. The number of hydrogen-bond acceptors (Lipinski definition) is 2. The second-order valence-electron chi connectivity index (χ2n) is 6.96. The highest BCUT2D eigenvalue weighted by Crippen LogP contribution is 2.44. The van der Waals surface area contributed by atoms with Crippen LogP contribution in [0.25, 0.3) is 11.1 Å². The Hall–Kier alpha value is -3.46. The Morgan fingerprint density at radius 3 is 2.11 bits per heavy atom. The molecule has 134 valence electrons. The molecule has 0 aliphatic carbocycles. The molecule has 0 spiro atoms. The van der Waals surface area contributed by atoms with Crippen molar-refractivity contribution in [2.75, 3.05) is 11.9 Å². The fourth-order valence-electron chi connectivity index (χ4n) is 4.24. The lowest BCUT2D eigenvalue weighted by Crippen LogP contribution is -2.57. The van der Waals surface area contributed by atoms with E-state index in [9.17, 15) is 0 Å². The van der Waals surface area contributed by atoms with E-state index in [-0.39, 0.29) is 6.85 Å². The molecular weight excluding hydrogens is 341 g/mol. The largest absolute Gasteiger partial charge is 0.496 e. The highest BCUT2D eigenvalue weighted by atomic mass is 16.5. The molecule has 0 saturated heterocycles. The quantitative estimate of drug-likeness (QED) is 0.494. The summed E-state index contributed by atoms with van der Waals surface area (Å²) in [7, 11) is 1.74. The Morgan fingerprint density at radius 2 is 1.36 bits per heavy atom. The van der Waals surface area contributed by atoms with E-state index in [4.69, 9.17) is 4.74 Å². The van der Waals surface area contributed by atoms with Gasteiger partial charge in [-0.3, -0.25) is 0 Å². The van der Waals surface area contributed by atoms with Crippen LogP contribution in [0.5, 0.6) is 5.75 Å². The van der Waals surface area contributed by atoms with Gasteiger partial charge in [-0.15, -0.1) is 0 Å². The zero-order chi connectivity index (χ0) is 18.9. The molecular formula is C25H20BNO. The van der Waals surface area contributed by atoms with Gasteiger partial charge < -0.3 is 9.55 Å². The number of methoxy groups -OCH3 is 1. The minimum atomic E-state index is 0.0967. The summed E-state index contributed by atoms with van der Waals surface area (Å²) >= 11 is 0. The van der Waals surface area contributed by atoms with Gasteiger partial charge in [-0.05, 0) is 35.3 Å². The van der Waals surface area contributed by atoms with E-state index in [0.29, 0.717) is 0 Å². The number of rotatable bonds is 3. The van der Waals surface area contributed by atoms with Gasteiger partial charge in [0.2, 0.25) is 0 Å². The predicted octanol–water partition coefficient (Wildman–Crippen LogP) is 4.62. The molecule has 4 aromatic rings. The van der Waals surface area contributed by atoms with Gasteiger partial charge in [0, 0.05) is 16.9 Å². The van der Waals surface area contributed by atoms with E-state index in [1.165, 1.54) is 22.2 Å². The third kappa shape index (κ3) is 2.59. The lowest BCUT2D eigenvalue weighted by Gasteiger charge is -2.39. The Balaban J connectivity index is 1.86. The molecule has 0 saturated carbocycles. The molecule has 4 aromatic carbocycles. The normalized spacial score (nSPS) is 12.3. The van der Waals surface area contributed by atoms with Gasteiger partial charge >= 0.3 is 6.85 Å². The van der Waals surface area contributed by atoms with Crippen molar-refractivity contribution in [2.24, 2.45) is 0 Å². The lowest BCUT2D eigenvalue weighted by molar-refractivity contribution is 0.416. The molecule has 0 radical (unpaired) electrons. The number of hydrogen-bond donors (Lipinski definition) is 0. The average molecular weight is 361 g/mol. The smallest absolute Gasteiger partial charge is 0.328 e. The van der Waals surface area contributed by atoms with Crippen LogP contribution in [-0.4, -0.2) is 14.0 Å². The summed E-state index contributed by atoms with van der Waals surface area (Å²) in [5.41, 5.74) is 7.27. The van der Waals surface area contributed by atoms with Crippen molar-refractivity contribution < 1.29 is 4.74 Å². The molecule has 2 nitrogen and oxygen atoms in total. The third-order valence-corrected chi connectivity index (χ3v) is 5.42. The molecule has 1 heterocycles. The van der Waals surface area contributed by atoms with Crippen LogP contribution in [0.15, 0.2) is 103 Å². The standard InChI is InChI=1S/C25H20BNO/c1-28-24-18-10-17-23-25(24)21-15-8-9-16-22(21)26(19-11-4-2-5-12-19)27(23)20-13-6-3-7-14-20/h2-18H,1H3. The fraction of sp³-hybridized carbons (Fsp3) is 0.0400. The maximum Gasteiger partial charge on any atom is 0.328 e.